The normalized spacial score (nSPS) is 12.2. The van der Waals surface area contributed by atoms with E-state index in [4.69, 9.17) is 0 Å². The van der Waals surface area contributed by atoms with Crippen LogP contribution in [0.5, 0.6) is 0 Å². The third-order valence-electron chi connectivity index (χ3n) is 2.56. The number of aryl methyl sites for hydroxylation is 1. The molecule has 1 aromatic heterocycles. The van der Waals surface area contributed by atoms with Crippen molar-refractivity contribution in [3.63, 3.8) is 0 Å². The Labute approximate surface area is 105 Å². The molecule has 5 heteroatoms. The van der Waals surface area contributed by atoms with Gasteiger partial charge < -0.3 is 10.4 Å². The van der Waals surface area contributed by atoms with Crippen molar-refractivity contribution in [3.8, 4) is 0 Å². The summed E-state index contributed by atoms with van der Waals surface area (Å²) in [7, 11) is 0. The van der Waals surface area contributed by atoms with Gasteiger partial charge in [0.2, 0.25) is 5.95 Å². The minimum absolute atomic E-state index is 0.238. The molecule has 18 heavy (non-hydrogen) atoms. The lowest BCUT2D eigenvalue weighted by Crippen LogP contribution is -2.18. The second-order valence-electron chi connectivity index (χ2n) is 3.92. The standard InChI is InChI=1S/C13H14FN3O/c1-9-6-7-15-13(16-9)17-12(8-18)10-4-2-3-5-11(10)14/h2-7,12,18H,8H2,1H3,(H,15,16,17). The molecule has 1 unspecified atom stereocenters. The smallest absolute Gasteiger partial charge is 0.223 e. The SMILES string of the molecule is Cc1ccnc(NC(CO)c2ccccc2F)n1. The van der Waals surface area contributed by atoms with Crippen molar-refractivity contribution in [1.82, 2.24) is 9.97 Å². The van der Waals surface area contributed by atoms with Crippen molar-refractivity contribution in [3.05, 3.63) is 53.6 Å². The van der Waals surface area contributed by atoms with E-state index >= 15 is 0 Å². The van der Waals surface area contributed by atoms with E-state index in [9.17, 15) is 9.50 Å². The molecular formula is C13H14FN3O. The van der Waals surface area contributed by atoms with Gasteiger partial charge in [-0.3, -0.25) is 0 Å². The predicted octanol–water partition coefficient (Wildman–Crippen LogP) is 2.07. The number of aliphatic hydroxyl groups is 1. The second-order valence-corrected chi connectivity index (χ2v) is 3.92. The number of halogens is 1. The van der Waals surface area contributed by atoms with Crippen LogP contribution in [0.3, 0.4) is 0 Å². The Balaban J connectivity index is 2.23. The van der Waals surface area contributed by atoms with Crippen molar-refractivity contribution in [2.75, 3.05) is 11.9 Å². The highest BCUT2D eigenvalue weighted by Crippen LogP contribution is 2.19. The Kier molecular flexibility index (Phi) is 3.84. The maximum atomic E-state index is 13.6. The molecular weight excluding hydrogens is 233 g/mol. The van der Waals surface area contributed by atoms with Crippen molar-refractivity contribution >= 4 is 5.95 Å². The third-order valence-corrected chi connectivity index (χ3v) is 2.56. The first-order valence-corrected chi connectivity index (χ1v) is 5.62. The quantitative estimate of drug-likeness (QED) is 0.868. The first-order valence-electron chi connectivity index (χ1n) is 5.62. The van der Waals surface area contributed by atoms with E-state index in [0.29, 0.717) is 11.5 Å². The molecule has 0 fully saturated rings. The summed E-state index contributed by atoms with van der Waals surface area (Å²) < 4.78 is 13.6. The number of rotatable bonds is 4. The van der Waals surface area contributed by atoms with Gasteiger partial charge in [-0.15, -0.1) is 0 Å². The van der Waals surface area contributed by atoms with Crippen molar-refractivity contribution in [1.29, 1.82) is 0 Å². The Morgan fingerprint density at radius 3 is 2.78 bits per heavy atom. The molecule has 0 radical (unpaired) electrons. The molecule has 0 aliphatic carbocycles. The summed E-state index contributed by atoms with van der Waals surface area (Å²) in [5, 5.41) is 12.3. The molecule has 1 aromatic carbocycles. The molecule has 1 heterocycles. The van der Waals surface area contributed by atoms with Gasteiger partial charge in [0.25, 0.3) is 0 Å². The molecule has 2 aromatic rings. The third kappa shape index (κ3) is 2.81. The fourth-order valence-corrected chi connectivity index (χ4v) is 1.65. The number of nitrogens with one attached hydrogen (secondary N) is 1. The molecule has 0 saturated heterocycles. The number of aromatic nitrogens is 2. The van der Waals surface area contributed by atoms with Crippen LogP contribution in [-0.4, -0.2) is 21.7 Å². The zero-order valence-corrected chi connectivity index (χ0v) is 9.97. The van der Waals surface area contributed by atoms with Gasteiger partial charge in [0.05, 0.1) is 12.6 Å². The van der Waals surface area contributed by atoms with Crippen LogP contribution >= 0.6 is 0 Å². The van der Waals surface area contributed by atoms with Crippen molar-refractivity contribution in [2.45, 2.75) is 13.0 Å². The van der Waals surface area contributed by atoms with E-state index in [1.807, 2.05) is 6.92 Å². The van der Waals surface area contributed by atoms with E-state index in [-0.39, 0.29) is 12.4 Å². The van der Waals surface area contributed by atoms with Gasteiger partial charge in [-0.2, -0.15) is 0 Å². The van der Waals surface area contributed by atoms with Crippen molar-refractivity contribution < 1.29 is 9.50 Å². The van der Waals surface area contributed by atoms with Gasteiger partial charge >= 0.3 is 0 Å². The number of hydrogen-bond donors (Lipinski definition) is 2. The molecule has 0 spiro atoms. The summed E-state index contributed by atoms with van der Waals surface area (Å²) >= 11 is 0. The fraction of sp³-hybridized carbons (Fsp3) is 0.231. The van der Waals surface area contributed by atoms with Crippen LogP contribution in [0.25, 0.3) is 0 Å². The van der Waals surface area contributed by atoms with E-state index < -0.39 is 6.04 Å². The lowest BCUT2D eigenvalue weighted by molar-refractivity contribution is 0.273. The number of benzene rings is 1. The average Bonchev–Trinajstić information content (AvgIpc) is 2.37. The minimum atomic E-state index is -0.562. The first-order chi connectivity index (χ1) is 8.70. The molecule has 4 nitrogen and oxygen atoms in total. The maximum Gasteiger partial charge on any atom is 0.223 e. The first kappa shape index (κ1) is 12.4. The number of aliphatic hydroxyl groups excluding tert-OH is 1. The van der Waals surface area contributed by atoms with Crippen molar-refractivity contribution in [2.24, 2.45) is 0 Å². The topological polar surface area (TPSA) is 58.0 Å². The van der Waals surface area contributed by atoms with E-state index in [1.54, 1.807) is 30.5 Å². The van der Waals surface area contributed by atoms with Crippen LogP contribution in [0, 0.1) is 12.7 Å². The van der Waals surface area contributed by atoms with Crippen LogP contribution in [0.2, 0.25) is 0 Å². The number of hydrogen-bond acceptors (Lipinski definition) is 4. The molecule has 0 saturated carbocycles. The highest BCUT2D eigenvalue weighted by Gasteiger charge is 2.15. The summed E-state index contributed by atoms with van der Waals surface area (Å²) in [6.07, 6.45) is 1.61. The fourth-order valence-electron chi connectivity index (χ4n) is 1.65. The Hall–Kier alpha value is -2.01. The lowest BCUT2D eigenvalue weighted by atomic mass is 10.1. The zero-order valence-electron chi connectivity index (χ0n) is 9.97. The van der Waals surface area contributed by atoms with Gasteiger partial charge in [-0.1, -0.05) is 18.2 Å². The molecule has 0 aliphatic rings. The van der Waals surface area contributed by atoms with Crippen LogP contribution in [-0.2, 0) is 0 Å². The van der Waals surface area contributed by atoms with Crippen LogP contribution in [0.15, 0.2) is 36.5 Å². The summed E-state index contributed by atoms with van der Waals surface area (Å²) in [6.45, 7) is 1.60. The van der Waals surface area contributed by atoms with E-state index in [0.717, 1.165) is 5.69 Å². The highest BCUT2D eigenvalue weighted by atomic mass is 19.1. The van der Waals surface area contributed by atoms with Gasteiger partial charge in [0.15, 0.2) is 0 Å². The summed E-state index contributed by atoms with van der Waals surface area (Å²) in [6, 6.07) is 7.52. The molecule has 0 aliphatic heterocycles. The largest absolute Gasteiger partial charge is 0.394 e. The second kappa shape index (κ2) is 5.55. The van der Waals surface area contributed by atoms with Crippen LogP contribution in [0.1, 0.15) is 17.3 Å². The molecule has 94 valence electrons. The van der Waals surface area contributed by atoms with Gasteiger partial charge in [0, 0.05) is 17.5 Å². The number of anilines is 1. The monoisotopic (exact) mass is 247 g/mol. The molecule has 0 amide bonds. The molecule has 2 N–H and O–H groups in total. The predicted molar refractivity (Wildman–Crippen MR) is 66.6 cm³/mol. The lowest BCUT2D eigenvalue weighted by Gasteiger charge is -2.17. The molecule has 2 rings (SSSR count). The van der Waals surface area contributed by atoms with Crippen LogP contribution < -0.4 is 5.32 Å². The summed E-state index contributed by atoms with van der Waals surface area (Å²) in [5.74, 6) is 0.00834. The van der Waals surface area contributed by atoms with Gasteiger partial charge in [-0.05, 0) is 19.1 Å². The van der Waals surface area contributed by atoms with E-state index in [2.05, 4.69) is 15.3 Å². The zero-order chi connectivity index (χ0) is 13.0. The average molecular weight is 247 g/mol. The summed E-state index contributed by atoms with van der Waals surface area (Å²) in [5.41, 5.74) is 1.20. The Morgan fingerprint density at radius 2 is 2.11 bits per heavy atom. The molecule has 1 atom stereocenters. The minimum Gasteiger partial charge on any atom is -0.394 e. The number of nitrogens with zero attached hydrogens (tertiary/aromatic N) is 2. The van der Waals surface area contributed by atoms with Crippen LogP contribution in [0.4, 0.5) is 10.3 Å². The highest BCUT2D eigenvalue weighted by molar-refractivity contribution is 5.33. The Morgan fingerprint density at radius 1 is 1.33 bits per heavy atom. The van der Waals surface area contributed by atoms with Gasteiger partial charge in [0.1, 0.15) is 5.82 Å². The Bertz CT molecular complexity index is 533. The van der Waals surface area contributed by atoms with E-state index in [1.165, 1.54) is 6.07 Å². The molecule has 0 bridgehead atoms. The van der Waals surface area contributed by atoms with Gasteiger partial charge in [-0.25, -0.2) is 14.4 Å². The maximum absolute atomic E-state index is 13.6. The summed E-state index contributed by atoms with van der Waals surface area (Å²) in [4.78, 5) is 8.19.